The predicted molar refractivity (Wildman–Crippen MR) is 120 cm³/mol. The lowest BCUT2D eigenvalue weighted by molar-refractivity contribution is -0.115. The SMILES string of the molecule is COc1ccccc1CC(=O)Nc1ccc(S(=O)(=O)N(CC(C)C)CC(C)C)cc1. The molecule has 0 aliphatic rings. The zero-order valence-corrected chi connectivity index (χ0v) is 19.2. The number of hydrogen-bond acceptors (Lipinski definition) is 4. The molecule has 0 radical (unpaired) electrons. The summed E-state index contributed by atoms with van der Waals surface area (Å²) in [6.07, 6.45) is 0.167. The lowest BCUT2D eigenvalue weighted by Crippen LogP contribution is -2.37. The lowest BCUT2D eigenvalue weighted by atomic mass is 10.1. The van der Waals surface area contributed by atoms with Gasteiger partial charge in [-0.2, -0.15) is 4.31 Å². The van der Waals surface area contributed by atoms with E-state index in [0.717, 1.165) is 5.56 Å². The number of carbonyl (C=O) groups excluding carboxylic acids is 1. The van der Waals surface area contributed by atoms with Gasteiger partial charge in [0.25, 0.3) is 0 Å². The van der Waals surface area contributed by atoms with Gasteiger partial charge in [-0.3, -0.25) is 4.79 Å². The molecule has 7 heteroatoms. The van der Waals surface area contributed by atoms with Crippen LogP contribution >= 0.6 is 0 Å². The number of methoxy groups -OCH3 is 1. The quantitative estimate of drug-likeness (QED) is 0.611. The van der Waals surface area contributed by atoms with E-state index in [1.165, 1.54) is 4.31 Å². The summed E-state index contributed by atoms with van der Waals surface area (Å²) in [7, 11) is -2.02. The number of rotatable bonds is 10. The molecule has 2 rings (SSSR count). The van der Waals surface area contributed by atoms with Crippen LogP contribution in [0.2, 0.25) is 0 Å². The van der Waals surface area contributed by atoms with Gasteiger partial charge in [-0.1, -0.05) is 45.9 Å². The third kappa shape index (κ3) is 6.57. The molecule has 164 valence electrons. The summed E-state index contributed by atoms with van der Waals surface area (Å²) in [5.74, 6) is 0.917. The van der Waals surface area contributed by atoms with Crippen molar-refractivity contribution in [2.24, 2.45) is 11.8 Å². The number of para-hydroxylation sites is 1. The number of carbonyl (C=O) groups is 1. The van der Waals surface area contributed by atoms with Crippen molar-refractivity contribution in [2.75, 3.05) is 25.5 Å². The summed E-state index contributed by atoms with van der Waals surface area (Å²) in [5.41, 5.74) is 1.34. The first kappa shape index (κ1) is 23.9. The Morgan fingerprint density at radius 1 is 0.967 bits per heavy atom. The second-order valence-corrected chi connectivity index (χ2v) is 10.1. The van der Waals surface area contributed by atoms with Gasteiger partial charge in [-0.05, 0) is 42.2 Å². The summed E-state index contributed by atoms with van der Waals surface area (Å²) in [6, 6.07) is 13.7. The average Bonchev–Trinajstić information content (AvgIpc) is 2.67. The number of amides is 1. The van der Waals surface area contributed by atoms with E-state index in [9.17, 15) is 13.2 Å². The Labute approximate surface area is 180 Å². The highest BCUT2D eigenvalue weighted by atomic mass is 32.2. The van der Waals surface area contributed by atoms with Crippen LogP contribution in [-0.2, 0) is 21.2 Å². The zero-order chi connectivity index (χ0) is 22.3. The van der Waals surface area contributed by atoms with Crippen LogP contribution in [0.15, 0.2) is 53.4 Å². The molecule has 2 aromatic rings. The fourth-order valence-corrected chi connectivity index (χ4v) is 4.94. The molecule has 0 spiro atoms. The average molecular weight is 433 g/mol. The number of nitrogens with one attached hydrogen (secondary N) is 1. The monoisotopic (exact) mass is 432 g/mol. The van der Waals surface area contributed by atoms with Gasteiger partial charge in [0.2, 0.25) is 15.9 Å². The number of benzene rings is 2. The van der Waals surface area contributed by atoms with Crippen molar-refractivity contribution >= 4 is 21.6 Å². The van der Waals surface area contributed by atoms with Gasteiger partial charge < -0.3 is 10.1 Å². The zero-order valence-electron chi connectivity index (χ0n) is 18.4. The van der Waals surface area contributed by atoms with Crippen LogP contribution in [0.1, 0.15) is 33.3 Å². The van der Waals surface area contributed by atoms with E-state index in [1.54, 1.807) is 31.4 Å². The van der Waals surface area contributed by atoms with Crippen LogP contribution in [-0.4, -0.2) is 38.8 Å². The molecule has 0 aliphatic carbocycles. The molecule has 30 heavy (non-hydrogen) atoms. The molecule has 0 aromatic heterocycles. The molecule has 0 fully saturated rings. The molecule has 0 unspecified atom stereocenters. The highest BCUT2D eigenvalue weighted by Gasteiger charge is 2.25. The first-order valence-corrected chi connectivity index (χ1v) is 11.6. The maximum absolute atomic E-state index is 13.1. The number of sulfonamides is 1. The van der Waals surface area contributed by atoms with Crippen LogP contribution < -0.4 is 10.1 Å². The number of anilines is 1. The molecule has 1 N–H and O–H groups in total. The standard InChI is InChI=1S/C23H32N2O4S/c1-17(2)15-25(16-18(3)4)30(27,28)21-12-10-20(11-13-21)24-23(26)14-19-8-6-7-9-22(19)29-5/h6-13,17-18H,14-16H2,1-5H3,(H,24,26). The molecule has 2 aromatic carbocycles. The fraction of sp³-hybridized carbons (Fsp3) is 0.435. The Morgan fingerprint density at radius 3 is 2.07 bits per heavy atom. The molecule has 0 atom stereocenters. The summed E-state index contributed by atoms with van der Waals surface area (Å²) >= 11 is 0. The number of ether oxygens (including phenoxy) is 1. The highest BCUT2D eigenvalue weighted by Crippen LogP contribution is 2.22. The van der Waals surface area contributed by atoms with Crippen LogP contribution in [0.3, 0.4) is 0 Å². The van der Waals surface area contributed by atoms with Gasteiger partial charge in [0.1, 0.15) is 5.75 Å². The first-order chi connectivity index (χ1) is 14.1. The van der Waals surface area contributed by atoms with E-state index in [2.05, 4.69) is 5.32 Å². The molecule has 0 bridgehead atoms. The van der Waals surface area contributed by atoms with Crippen molar-refractivity contribution in [1.82, 2.24) is 4.31 Å². The Hall–Kier alpha value is -2.38. The van der Waals surface area contributed by atoms with Crippen LogP contribution in [0.4, 0.5) is 5.69 Å². The van der Waals surface area contributed by atoms with Crippen molar-refractivity contribution in [3.8, 4) is 5.75 Å². The molecular weight excluding hydrogens is 400 g/mol. The minimum atomic E-state index is -3.59. The minimum Gasteiger partial charge on any atom is -0.496 e. The normalized spacial score (nSPS) is 11.9. The van der Waals surface area contributed by atoms with Crippen LogP contribution in [0, 0.1) is 11.8 Å². The molecule has 0 saturated carbocycles. The second-order valence-electron chi connectivity index (χ2n) is 8.17. The largest absolute Gasteiger partial charge is 0.496 e. The van der Waals surface area contributed by atoms with Crippen molar-refractivity contribution in [3.63, 3.8) is 0 Å². The molecule has 0 aliphatic heterocycles. The number of nitrogens with zero attached hydrogens (tertiary/aromatic N) is 1. The summed E-state index contributed by atoms with van der Waals surface area (Å²) in [6.45, 7) is 8.95. The summed E-state index contributed by atoms with van der Waals surface area (Å²) in [5, 5.41) is 2.81. The van der Waals surface area contributed by atoms with Gasteiger partial charge in [-0.25, -0.2) is 8.42 Å². The Balaban J connectivity index is 2.12. The Kier molecular flexibility index (Phi) is 8.43. The van der Waals surface area contributed by atoms with Crippen LogP contribution in [0.25, 0.3) is 0 Å². The van der Waals surface area contributed by atoms with Gasteiger partial charge in [0.05, 0.1) is 18.4 Å². The van der Waals surface area contributed by atoms with Gasteiger partial charge >= 0.3 is 0 Å². The van der Waals surface area contributed by atoms with E-state index in [0.29, 0.717) is 24.5 Å². The summed E-state index contributed by atoms with van der Waals surface area (Å²) in [4.78, 5) is 12.6. The highest BCUT2D eigenvalue weighted by molar-refractivity contribution is 7.89. The smallest absolute Gasteiger partial charge is 0.243 e. The van der Waals surface area contributed by atoms with E-state index in [1.807, 2.05) is 52.0 Å². The van der Waals surface area contributed by atoms with E-state index >= 15 is 0 Å². The van der Waals surface area contributed by atoms with Crippen molar-refractivity contribution in [1.29, 1.82) is 0 Å². The first-order valence-electron chi connectivity index (χ1n) is 10.2. The second kappa shape index (κ2) is 10.6. The van der Waals surface area contributed by atoms with E-state index < -0.39 is 10.0 Å². The van der Waals surface area contributed by atoms with Gasteiger partial charge in [0, 0.05) is 24.3 Å². The fourth-order valence-electron chi connectivity index (χ4n) is 3.17. The topological polar surface area (TPSA) is 75.7 Å². The van der Waals surface area contributed by atoms with Crippen molar-refractivity contribution < 1.29 is 17.9 Å². The Morgan fingerprint density at radius 2 is 1.53 bits per heavy atom. The maximum Gasteiger partial charge on any atom is 0.243 e. The third-order valence-corrected chi connectivity index (χ3v) is 6.30. The third-order valence-electron chi connectivity index (χ3n) is 4.46. The number of hydrogen-bond donors (Lipinski definition) is 1. The van der Waals surface area contributed by atoms with E-state index in [4.69, 9.17) is 4.74 Å². The van der Waals surface area contributed by atoms with Crippen molar-refractivity contribution in [2.45, 2.75) is 39.0 Å². The molecular formula is C23H32N2O4S. The molecule has 0 saturated heterocycles. The van der Waals surface area contributed by atoms with Crippen LogP contribution in [0.5, 0.6) is 5.75 Å². The lowest BCUT2D eigenvalue weighted by Gasteiger charge is -2.25. The van der Waals surface area contributed by atoms with E-state index in [-0.39, 0.29) is 29.1 Å². The van der Waals surface area contributed by atoms with Crippen molar-refractivity contribution in [3.05, 3.63) is 54.1 Å². The summed E-state index contributed by atoms with van der Waals surface area (Å²) < 4.78 is 33.0. The molecule has 0 heterocycles. The molecule has 6 nitrogen and oxygen atoms in total. The maximum atomic E-state index is 13.1. The Bertz CT molecular complexity index is 928. The minimum absolute atomic E-state index is 0.167. The molecule has 1 amide bonds. The van der Waals surface area contributed by atoms with Gasteiger partial charge in [-0.15, -0.1) is 0 Å². The predicted octanol–water partition coefficient (Wildman–Crippen LogP) is 4.18. The van der Waals surface area contributed by atoms with Gasteiger partial charge in [0.15, 0.2) is 0 Å².